The van der Waals surface area contributed by atoms with E-state index in [1.807, 2.05) is 0 Å². The van der Waals surface area contributed by atoms with Gasteiger partial charge in [0.2, 0.25) is 0 Å². The second-order valence-electron chi connectivity index (χ2n) is 6.89. The fourth-order valence-electron chi connectivity index (χ4n) is 3.49. The summed E-state index contributed by atoms with van der Waals surface area (Å²) in [5.41, 5.74) is 11.3. The van der Waals surface area contributed by atoms with Gasteiger partial charge in [-0.1, -0.05) is 37.1 Å². The van der Waals surface area contributed by atoms with Gasteiger partial charge in [0.1, 0.15) is 4.90 Å². The Labute approximate surface area is 169 Å². The number of rotatable bonds is 8. The molecular weight excluding hydrogens is 394 g/mol. The molecule has 1 aliphatic carbocycles. The van der Waals surface area contributed by atoms with Crippen LogP contribution < -0.4 is 16.8 Å². The Kier molecular flexibility index (Phi) is 6.02. The van der Waals surface area contributed by atoms with Crippen molar-refractivity contribution in [3.05, 3.63) is 52.6 Å². The van der Waals surface area contributed by atoms with Crippen molar-refractivity contribution < 1.29 is 22.6 Å². The Bertz CT molecular complexity index is 1080. The molecule has 0 heterocycles. The molecule has 0 atom stereocenters. The van der Waals surface area contributed by atoms with E-state index >= 15 is 0 Å². The third-order valence-electron chi connectivity index (χ3n) is 4.92. The molecule has 0 unspecified atom stereocenters. The highest BCUT2D eigenvalue weighted by Gasteiger charge is 2.36. The lowest BCUT2D eigenvalue weighted by Gasteiger charge is -2.23. The van der Waals surface area contributed by atoms with E-state index in [4.69, 9.17) is 11.5 Å². The lowest BCUT2D eigenvalue weighted by atomic mass is 9.82. The van der Waals surface area contributed by atoms with Gasteiger partial charge in [-0.3, -0.25) is 14.1 Å². The first-order valence-corrected chi connectivity index (χ1v) is 10.8. The quantitative estimate of drug-likeness (QED) is 0.247. The molecule has 2 aromatic rings. The van der Waals surface area contributed by atoms with Crippen LogP contribution in [0, 0.1) is 0 Å². The monoisotopic (exact) mass is 417 g/mol. The van der Waals surface area contributed by atoms with Crippen molar-refractivity contribution in [3.8, 4) is 0 Å². The van der Waals surface area contributed by atoms with Crippen LogP contribution in [0.15, 0.2) is 35.2 Å². The molecule has 0 spiro atoms. The molecular formula is C20H23N3O5S. The Morgan fingerprint density at radius 1 is 0.931 bits per heavy atom. The first kappa shape index (κ1) is 21.0. The summed E-state index contributed by atoms with van der Waals surface area (Å²) < 4.78 is 33.2. The second-order valence-corrected chi connectivity index (χ2v) is 8.28. The molecule has 0 amide bonds. The van der Waals surface area contributed by atoms with Crippen LogP contribution >= 0.6 is 0 Å². The average Bonchev–Trinajstić information content (AvgIpc) is 2.68. The topological polar surface area (TPSA) is 153 Å². The molecule has 0 fully saturated rings. The Morgan fingerprint density at radius 2 is 1.52 bits per heavy atom. The molecule has 0 saturated carbocycles. The maximum Gasteiger partial charge on any atom is 0.296 e. The summed E-state index contributed by atoms with van der Waals surface area (Å²) in [6, 6.07) is 7.40. The molecule has 1 aliphatic rings. The lowest BCUT2D eigenvalue weighted by Crippen LogP contribution is -2.25. The predicted molar refractivity (Wildman–Crippen MR) is 110 cm³/mol. The Morgan fingerprint density at radius 3 is 2.10 bits per heavy atom. The number of nitrogens with two attached hydrogens (primary N) is 2. The zero-order chi connectivity index (χ0) is 21.2. The van der Waals surface area contributed by atoms with Gasteiger partial charge < -0.3 is 16.8 Å². The molecule has 9 heteroatoms. The van der Waals surface area contributed by atoms with E-state index in [0.29, 0.717) is 13.1 Å². The van der Waals surface area contributed by atoms with Crippen molar-refractivity contribution in [3.63, 3.8) is 0 Å². The van der Waals surface area contributed by atoms with Crippen LogP contribution in [0.2, 0.25) is 0 Å². The lowest BCUT2D eigenvalue weighted by molar-refractivity contribution is 0.0980. The molecule has 0 bridgehead atoms. The van der Waals surface area contributed by atoms with E-state index in [1.54, 1.807) is 18.2 Å². The van der Waals surface area contributed by atoms with Gasteiger partial charge in [0.15, 0.2) is 11.6 Å². The first-order valence-electron chi connectivity index (χ1n) is 9.33. The Hall–Kier alpha value is -2.75. The first-order chi connectivity index (χ1) is 13.8. The third kappa shape index (κ3) is 4.02. The van der Waals surface area contributed by atoms with Crippen molar-refractivity contribution in [1.82, 2.24) is 0 Å². The zero-order valence-corrected chi connectivity index (χ0v) is 16.6. The third-order valence-corrected chi connectivity index (χ3v) is 5.82. The summed E-state index contributed by atoms with van der Waals surface area (Å²) in [6.07, 6.45) is 3.54. The fourth-order valence-corrected chi connectivity index (χ4v) is 4.14. The van der Waals surface area contributed by atoms with Crippen molar-refractivity contribution in [1.29, 1.82) is 0 Å². The van der Waals surface area contributed by atoms with E-state index in [2.05, 4.69) is 5.32 Å². The number of hydrogen-bond acceptors (Lipinski definition) is 7. The number of carbonyl (C=O) groups is 2. The van der Waals surface area contributed by atoms with Gasteiger partial charge in [-0.05, 0) is 25.5 Å². The SMILES string of the molecule is NCCCCCCNc1cc(S(=O)(=O)O)c(N)c2c1C(=O)c1ccccc1C2=O. The molecule has 8 nitrogen and oxygen atoms in total. The van der Waals surface area contributed by atoms with Crippen LogP contribution in [0.5, 0.6) is 0 Å². The molecule has 2 aromatic carbocycles. The van der Waals surface area contributed by atoms with Crippen LogP contribution in [-0.4, -0.2) is 37.6 Å². The van der Waals surface area contributed by atoms with E-state index < -0.39 is 32.3 Å². The molecule has 0 aromatic heterocycles. The van der Waals surface area contributed by atoms with Crippen molar-refractivity contribution in [2.24, 2.45) is 5.73 Å². The summed E-state index contributed by atoms with van der Waals surface area (Å²) in [6.45, 7) is 1.07. The van der Waals surface area contributed by atoms with Crippen LogP contribution in [0.1, 0.15) is 57.5 Å². The normalized spacial score (nSPS) is 13.2. The summed E-state index contributed by atoms with van der Waals surface area (Å²) >= 11 is 0. The summed E-state index contributed by atoms with van der Waals surface area (Å²) in [5, 5.41) is 3.04. The number of unbranched alkanes of at least 4 members (excludes halogenated alkanes) is 3. The van der Waals surface area contributed by atoms with Gasteiger partial charge in [-0.25, -0.2) is 0 Å². The molecule has 6 N–H and O–H groups in total. The van der Waals surface area contributed by atoms with Gasteiger partial charge in [-0.2, -0.15) is 8.42 Å². The van der Waals surface area contributed by atoms with Crippen LogP contribution in [0.4, 0.5) is 11.4 Å². The smallest absolute Gasteiger partial charge is 0.296 e. The highest BCUT2D eigenvalue weighted by molar-refractivity contribution is 7.86. The summed E-state index contributed by atoms with van der Waals surface area (Å²) in [4.78, 5) is 25.5. The van der Waals surface area contributed by atoms with E-state index in [-0.39, 0.29) is 27.9 Å². The molecule has 0 radical (unpaired) electrons. The minimum absolute atomic E-state index is 0.0283. The number of hydrogen-bond donors (Lipinski definition) is 4. The Balaban J connectivity index is 2.07. The molecule has 154 valence electrons. The maximum absolute atomic E-state index is 13.1. The number of benzene rings is 2. The van der Waals surface area contributed by atoms with Gasteiger partial charge in [0.25, 0.3) is 10.1 Å². The number of ketones is 2. The van der Waals surface area contributed by atoms with E-state index in [0.717, 1.165) is 31.7 Å². The number of nitrogen functional groups attached to an aromatic ring is 1. The standard InChI is InChI=1S/C20H23N3O5S/c21-9-5-1-2-6-10-23-14-11-15(29(26,27)28)18(22)17-16(14)19(24)12-7-3-4-8-13(12)20(17)25/h3-4,7-8,11,23H,1-2,5-6,9-10,21-22H2,(H,26,27,28). The molecule has 0 saturated heterocycles. The van der Waals surface area contributed by atoms with Crippen LogP contribution in [0.3, 0.4) is 0 Å². The molecule has 3 rings (SSSR count). The fraction of sp³-hybridized carbons (Fsp3) is 0.300. The van der Waals surface area contributed by atoms with Gasteiger partial charge >= 0.3 is 0 Å². The average molecular weight is 417 g/mol. The summed E-state index contributed by atoms with van der Waals surface area (Å²) in [7, 11) is -4.69. The number of fused-ring (bicyclic) bond motifs is 2. The van der Waals surface area contributed by atoms with Gasteiger partial charge in [-0.15, -0.1) is 0 Å². The van der Waals surface area contributed by atoms with Crippen molar-refractivity contribution in [2.75, 3.05) is 24.1 Å². The molecule has 0 aliphatic heterocycles. The highest BCUT2D eigenvalue weighted by atomic mass is 32.2. The number of carbonyl (C=O) groups excluding carboxylic acids is 2. The van der Waals surface area contributed by atoms with E-state index in [9.17, 15) is 22.6 Å². The number of nitrogens with one attached hydrogen (secondary N) is 1. The predicted octanol–water partition coefficient (Wildman–Crippen LogP) is 2.22. The van der Waals surface area contributed by atoms with E-state index in [1.165, 1.54) is 6.07 Å². The van der Waals surface area contributed by atoms with Crippen molar-refractivity contribution in [2.45, 2.75) is 30.6 Å². The van der Waals surface area contributed by atoms with Gasteiger partial charge in [0, 0.05) is 23.4 Å². The summed E-state index contributed by atoms with van der Waals surface area (Å²) in [5.74, 6) is -0.974. The minimum atomic E-state index is -4.69. The number of anilines is 2. The van der Waals surface area contributed by atoms with Crippen molar-refractivity contribution >= 4 is 33.1 Å². The largest absolute Gasteiger partial charge is 0.397 e. The molecule has 29 heavy (non-hydrogen) atoms. The highest BCUT2D eigenvalue weighted by Crippen LogP contribution is 2.39. The van der Waals surface area contributed by atoms with Gasteiger partial charge in [0.05, 0.1) is 16.8 Å². The van der Waals surface area contributed by atoms with Crippen LogP contribution in [-0.2, 0) is 10.1 Å². The van der Waals surface area contributed by atoms with Crippen LogP contribution in [0.25, 0.3) is 0 Å². The zero-order valence-electron chi connectivity index (χ0n) is 15.8. The second kappa shape index (κ2) is 8.32. The maximum atomic E-state index is 13.1. The minimum Gasteiger partial charge on any atom is -0.397 e.